The number of amides is 1. The van der Waals surface area contributed by atoms with Crippen molar-refractivity contribution in [2.24, 2.45) is 12.5 Å². The number of hydrogen-bond donors (Lipinski definition) is 0. The van der Waals surface area contributed by atoms with Crippen molar-refractivity contribution in [3.63, 3.8) is 0 Å². The first kappa shape index (κ1) is 15.5. The molecule has 1 aliphatic carbocycles. The standard InChI is InChI=1S/C17H27N3O2/c1-13-14(11-19(2)18-13)10-16(21)20-9-5-8-17(12-20)7-4-6-15(17)22-3/h11,15H,4-10,12H2,1-3H3/t15-,17-/m1/s1. The van der Waals surface area contributed by atoms with Gasteiger partial charge in [-0.2, -0.15) is 5.10 Å². The molecule has 1 saturated heterocycles. The van der Waals surface area contributed by atoms with E-state index >= 15 is 0 Å². The first-order valence-corrected chi connectivity index (χ1v) is 8.34. The summed E-state index contributed by atoms with van der Waals surface area (Å²) in [6.45, 7) is 3.72. The van der Waals surface area contributed by atoms with Crippen molar-refractivity contribution < 1.29 is 9.53 Å². The number of aryl methyl sites for hydroxylation is 2. The summed E-state index contributed by atoms with van der Waals surface area (Å²) in [4.78, 5) is 14.8. The Morgan fingerprint density at radius 3 is 2.91 bits per heavy atom. The minimum absolute atomic E-state index is 0.201. The molecule has 0 bridgehead atoms. The predicted molar refractivity (Wildman–Crippen MR) is 84.5 cm³/mol. The Bertz CT molecular complexity index is 554. The number of aromatic nitrogens is 2. The summed E-state index contributed by atoms with van der Waals surface area (Å²) < 4.78 is 7.51. The lowest BCUT2D eigenvalue weighted by Gasteiger charge is -2.43. The van der Waals surface area contributed by atoms with Crippen molar-refractivity contribution in [1.29, 1.82) is 0 Å². The Balaban J connectivity index is 1.69. The molecule has 0 aromatic carbocycles. The normalized spacial score (nSPS) is 28.5. The molecule has 1 spiro atoms. The lowest BCUT2D eigenvalue weighted by Crippen LogP contribution is -2.50. The van der Waals surface area contributed by atoms with E-state index in [-0.39, 0.29) is 11.3 Å². The van der Waals surface area contributed by atoms with Crippen LogP contribution in [0, 0.1) is 12.3 Å². The van der Waals surface area contributed by atoms with Crippen LogP contribution < -0.4 is 0 Å². The summed E-state index contributed by atoms with van der Waals surface area (Å²) in [7, 11) is 3.72. The van der Waals surface area contributed by atoms with Gasteiger partial charge in [-0.3, -0.25) is 9.48 Å². The average Bonchev–Trinajstić information content (AvgIpc) is 3.02. The van der Waals surface area contributed by atoms with Crippen LogP contribution in [0.15, 0.2) is 6.20 Å². The lowest BCUT2D eigenvalue weighted by molar-refractivity contribution is -0.136. The molecule has 1 amide bonds. The largest absolute Gasteiger partial charge is 0.381 e. The number of methoxy groups -OCH3 is 1. The van der Waals surface area contributed by atoms with E-state index in [1.54, 1.807) is 4.68 Å². The fraction of sp³-hybridized carbons (Fsp3) is 0.765. The molecule has 3 rings (SSSR count). The van der Waals surface area contributed by atoms with Crippen molar-refractivity contribution in [1.82, 2.24) is 14.7 Å². The van der Waals surface area contributed by atoms with E-state index in [0.717, 1.165) is 37.2 Å². The molecule has 1 aliphatic heterocycles. The predicted octanol–water partition coefficient (Wildman–Crippen LogP) is 2.08. The van der Waals surface area contributed by atoms with Gasteiger partial charge in [0.25, 0.3) is 0 Å². The zero-order valence-corrected chi connectivity index (χ0v) is 14.0. The van der Waals surface area contributed by atoms with E-state index in [9.17, 15) is 4.79 Å². The molecule has 2 heterocycles. The molecule has 2 atom stereocenters. The molecule has 2 fully saturated rings. The number of hydrogen-bond acceptors (Lipinski definition) is 3. The van der Waals surface area contributed by atoms with E-state index < -0.39 is 0 Å². The fourth-order valence-corrected chi connectivity index (χ4v) is 4.41. The first-order chi connectivity index (χ1) is 10.5. The third-order valence-electron chi connectivity index (χ3n) is 5.53. The summed E-state index contributed by atoms with van der Waals surface area (Å²) in [5.74, 6) is 0.233. The SMILES string of the molecule is CO[C@@H]1CCC[C@]12CCCN(C(=O)Cc1cn(C)nc1C)C2. The molecule has 22 heavy (non-hydrogen) atoms. The molecule has 1 aromatic rings. The Morgan fingerprint density at radius 2 is 2.23 bits per heavy atom. The molecule has 1 saturated carbocycles. The highest BCUT2D eigenvalue weighted by molar-refractivity contribution is 5.79. The van der Waals surface area contributed by atoms with E-state index in [4.69, 9.17) is 4.74 Å². The van der Waals surface area contributed by atoms with Gasteiger partial charge in [-0.15, -0.1) is 0 Å². The van der Waals surface area contributed by atoms with Crippen LogP contribution in [0.3, 0.4) is 0 Å². The third kappa shape index (κ3) is 2.78. The number of rotatable bonds is 3. The molecule has 1 aromatic heterocycles. The maximum Gasteiger partial charge on any atom is 0.227 e. The number of ether oxygens (including phenoxy) is 1. The fourth-order valence-electron chi connectivity index (χ4n) is 4.41. The zero-order valence-electron chi connectivity index (χ0n) is 14.0. The van der Waals surface area contributed by atoms with Crippen molar-refractivity contribution in [2.45, 2.75) is 51.6 Å². The van der Waals surface area contributed by atoms with Gasteiger partial charge in [0.05, 0.1) is 18.2 Å². The number of nitrogens with zero attached hydrogens (tertiary/aromatic N) is 3. The minimum Gasteiger partial charge on any atom is -0.381 e. The number of carbonyl (C=O) groups excluding carboxylic acids is 1. The van der Waals surface area contributed by atoms with Crippen LogP contribution in [0.4, 0.5) is 0 Å². The van der Waals surface area contributed by atoms with E-state index in [1.807, 2.05) is 27.3 Å². The summed E-state index contributed by atoms with van der Waals surface area (Å²) in [5, 5.41) is 4.33. The van der Waals surface area contributed by atoms with Crippen molar-refractivity contribution in [2.75, 3.05) is 20.2 Å². The van der Waals surface area contributed by atoms with Crippen LogP contribution in [-0.4, -0.2) is 46.9 Å². The molecule has 0 radical (unpaired) electrons. The molecule has 0 N–H and O–H groups in total. The van der Waals surface area contributed by atoms with E-state index in [0.29, 0.717) is 12.5 Å². The smallest absolute Gasteiger partial charge is 0.227 e. The summed E-state index contributed by atoms with van der Waals surface area (Å²) >= 11 is 0. The van der Waals surface area contributed by atoms with Gasteiger partial charge in [0.15, 0.2) is 0 Å². The van der Waals surface area contributed by atoms with Gasteiger partial charge < -0.3 is 9.64 Å². The number of carbonyl (C=O) groups is 1. The molecule has 0 unspecified atom stereocenters. The Kier molecular flexibility index (Phi) is 4.26. The summed E-state index contributed by atoms with van der Waals surface area (Å²) in [6.07, 6.45) is 8.60. The molecule has 5 nitrogen and oxygen atoms in total. The maximum atomic E-state index is 12.7. The third-order valence-corrected chi connectivity index (χ3v) is 5.53. The van der Waals surface area contributed by atoms with E-state index in [2.05, 4.69) is 10.00 Å². The number of likely N-dealkylation sites (tertiary alicyclic amines) is 1. The monoisotopic (exact) mass is 305 g/mol. The van der Waals surface area contributed by atoms with Crippen LogP contribution in [0.5, 0.6) is 0 Å². The van der Waals surface area contributed by atoms with Crippen molar-refractivity contribution >= 4 is 5.91 Å². The van der Waals surface area contributed by atoms with Crippen LogP contribution >= 0.6 is 0 Å². The second kappa shape index (κ2) is 6.03. The zero-order chi connectivity index (χ0) is 15.7. The molecular formula is C17H27N3O2. The highest BCUT2D eigenvalue weighted by Gasteiger charge is 2.46. The molecular weight excluding hydrogens is 278 g/mol. The van der Waals surface area contributed by atoms with E-state index in [1.165, 1.54) is 19.3 Å². The Morgan fingerprint density at radius 1 is 1.45 bits per heavy atom. The van der Waals surface area contributed by atoms with Gasteiger partial charge in [-0.05, 0) is 32.6 Å². The summed E-state index contributed by atoms with van der Waals surface area (Å²) in [5.41, 5.74) is 2.20. The van der Waals surface area contributed by atoms with Gasteiger partial charge in [-0.1, -0.05) is 6.42 Å². The highest BCUT2D eigenvalue weighted by Crippen LogP contribution is 2.46. The minimum atomic E-state index is 0.201. The number of piperidine rings is 1. The molecule has 122 valence electrons. The van der Waals surface area contributed by atoms with Gasteiger partial charge in [-0.25, -0.2) is 0 Å². The topological polar surface area (TPSA) is 47.4 Å². The first-order valence-electron chi connectivity index (χ1n) is 8.34. The Hall–Kier alpha value is -1.36. The van der Waals surface area contributed by atoms with Crippen molar-refractivity contribution in [3.05, 3.63) is 17.5 Å². The van der Waals surface area contributed by atoms with Gasteiger partial charge >= 0.3 is 0 Å². The summed E-state index contributed by atoms with van der Waals surface area (Å²) in [6, 6.07) is 0. The lowest BCUT2D eigenvalue weighted by atomic mass is 9.76. The second-order valence-corrected chi connectivity index (χ2v) is 6.99. The van der Waals surface area contributed by atoms with Gasteiger partial charge in [0.2, 0.25) is 5.91 Å². The van der Waals surface area contributed by atoms with Gasteiger partial charge in [0, 0.05) is 44.4 Å². The van der Waals surface area contributed by atoms with Crippen LogP contribution in [0.1, 0.15) is 43.4 Å². The van der Waals surface area contributed by atoms with Gasteiger partial charge in [0.1, 0.15) is 0 Å². The van der Waals surface area contributed by atoms with Crippen LogP contribution in [0.2, 0.25) is 0 Å². The average molecular weight is 305 g/mol. The van der Waals surface area contributed by atoms with Crippen molar-refractivity contribution in [3.8, 4) is 0 Å². The Labute approximate surface area is 132 Å². The second-order valence-electron chi connectivity index (χ2n) is 6.99. The molecule has 2 aliphatic rings. The molecule has 5 heteroatoms. The maximum absolute atomic E-state index is 12.7. The highest BCUT2D eigenvalue weighted by atomic mass is 16.5. The van der Waals surface area contributed by atoms with Crippen LogP contribution in [0.25, 0.3) is 0 Å². The quantitative estimate of drug-likeness (QED) is 0.859. The van der Waals surface area contributed by atoms with Crippen LogP contribution in [-0.2, 0) is 23.0 Å².